The largest absolute Gasteiger partial charge is 0.395 e. The molecule has 0 aromatic rings. The van der Waals surface area contributed by atoms with E-state index < -0.39 is 15.6 Å². The van der Waals surface area contributed by atoms with Crippen LogP contribution in [0.1, 0.15) is 13.3 Å². The Morgan fingerprint density at radius 3 is 2.77 bits per heavy atom. The quantitative estimate of drug-likeness (QED) is 0.627. The van der Waals surface area contributed by atoms with Crippen LogP contribution in [0.3, 0.4) is 0 Å². The summed E-state index contributed by atoms with van der Waals surface area (Å²) in [4.78, 5) is 0. The van der Waals surface area contributed by atoms with Gasteiger partial charge >= 0.3 is 0 Å². The van der Waals surface area contributed by atoms with E-state index in [-0.39, 0.29) is 12.4 Å². The van der Waals surface area contributed by atoms with Gasteiger partial charge in [-0.2, -0.15) is 0 Å². The minimum absolute atomic E-state index is 0.247. The number of aliphatic hydroxyl groups is 1. The van der Waals surface area contributed by atoms with Crippen LogP contribution < -0.4 is 4.72 Å². The van der Waals surface area contributed by atoms with Crippen molar-refractivity contribution in [2.45, 2.75) is 18.9 Å². The molecule has 1 aliphatic heterocycles. The van der Waals surface area contributed by atoms with Gasteiger partial charge in [-0.25, -0.2) is 13.1 Å². The molecule has 1 atom stereocenters. The number of sulfonamides is 1. The minimum atomic E-state index is -3.35. The molecule has 1 saturated heterocycles. The average molecular weight is 209 g/mol. The number of aliphatic hydroxyl groups excluding tert-OH is 1. The molecule has 0 saturated carbocycles. The van der Waals surface area contributed by atoms with Crippen molar-refractivity contribution in [2.75, 3.05) is 25.6 Å². The molecule has 0 aromatic heterocycles. The molecular formula is C7H15NO4S. The maximum Gasteiger partial charge on any atom is 0.214 e. The monoisotopic (exact) mass is 209 g/mol. The molecule has 78 valence electrons. The zero-order chi connectivity index (χ0) is 9.95. The molecule has 0 radical (unpaired) electrons. The van der Waals surface area contributed by atoms with Crippen LogP contribution in [-0.4, -0.2) is 44.6 Å². The van der Waals surface area contributed by atoms with Gasteiger partial charge in [0.25, 0.3) is 0 Å². The highest BCUT2D eigenvalue weighted by atomic mass is 32.2. The van der Waals surface area contributed by atoms with E-state index in [9.17, 15) is 8.42 Å². The minimum Gasteiger partial charge on any atom is -0.395 e. The van der Waals surface area contributed by atoms with Crippen LogP contribution in [0.15, 0.2) is 0 Å². The van der Waals surface area contributed by atoms with Crippen LogP contribution >= 0.6 is 0 Å². The number of hydrogen-bond donors (Lipinski definition) is 2. The van der Waals surface area contributed by atoms with Crippen molar-refractivity contribution in [1.29, 1.82) is 0 Å². The summed E-state index contributed by atoms with van der Waals surface area (Å²) in [6.45, 7) is 2.43. The van der Waals surface area contributed by atoms with Crippen molar-refractivity contribution >= 4 is 10.0 Å². The lowest BCUT2D eigenvalue weighted by Crippen LogP contribution is -2.47. The molecule has 2 N–H and O–H groups in total. The third-order valence-electron chi connectivity index (χ3n) is 1.98. The third-order valence-corrected chi connectivity index (χ3v) is 3.50. The Kier molecular flexibility index (Phi) is 3.28. The van der Waals surface area contributed by atoms with E-state index in [1.165, 1.54) is 0 Å². The second-order valence-electron chi connectivity index (χ2n) is 3.51. The van der Waals surface area contributed by atoms with Crippen LogP contribution in [0, 0.1) is 0 Å². The molecule has 1 fully saturated rings. The van der Waals surface area contributed by atoms with Crippen LogP contribution in [0.4, 0.5) is 0 Å². The van der Waals surface area contributed by atoms with Crippen molar-refractivity contribution in [3.63, 3.8) is 0 Å². The SMILES string of the molecule is CC1(NS(=O)(=O)CCO)CCOC1. The van der Waals surface area contributed by atoms with Crippen molar-refractivity contribution in [3.05, 3.63) is 0 Å². The summed E-state index contributed by atoms with van der Waals surface area (Å²) in [6.07, 6.45) is 0.678. The zero-order valence-electron chi connectivity index (χ0n) is 7.62. The normalized spacial score (nSPS) is 29.4. The second-order valence-corrected chi connectivity index (χ2v) is 5.35. The van der Waals surface area contributed by atoms with Gasteiger partial charge in [0.15, 0.2) is 0 Å². The van der Waals surface area contributed by atoms with Gasteiger partial charge in [-0.3, -0.25) is 0 Å². The van der Waals surface area contributed by atoms with Gasteiger partial charge in [0.2, 0.25) is 10.0 Å². The van der Waals surface area contributed by atoms with Gasteiger partial charge in [-0.15, -0.1) is 0 Å². The summed E-state index contributed by atoms with van der Waals surface area (Å²) >= 11 is 0. The lowest BCUT2D eigenvalue weighted by Gasteiger charge is -2.22. The fraction of sp³-hybridized carbons (Fsp3) is 1.00. The van der Waals surface area contributed by atoms with E-state index in [4.69, 9.17) is 9.84 Å². The van der Waals surface area contributed by atoms with Crippen molar-refractivity contribution in [3.8, 4) is 0 Å². The van der Waals surface area contributed by atoms with Crippen molar-refractivity contribution < 1.29 is 18.3 Å². The Labute approximate surface area is 78.1 Å². The fourth-order valence-corrected chi connectivity index (χ4v) is 2.55. The summed E-state index contributed by atoms with van der Waals surface area (Å²) in [6, 6.07) is 0. The van der Waals surface area contributed by atoms with E-state index in [0.29, 0.717) is 19.6 Å². The Morgan fingerprint density at radius 2 is 2.31 bits per heavy atom. The Bertz CT molecular complexity index is 256. The van der Waals surface area contributed by atoms with Crippen LogP contribution in [0.2, 0.25) is 0 Å². The van der Waals surface area contributed by atoms with Crippen molar-refractivity contribution in [1.82, 2.24) is 4.72 Å². The molecule has 0 aliphatic carbocycles. The number of rotatable bonds is 4. The van der Waals surface area contributed by atoms with E-state index in [1.54, 1.807) is 6.92 Å². The highest BCUT2D eigenvalue weighted by Crippen LogP contribution is 2.18. The lowest BCUT2D eigenvalue weighted by molar-refractivity contribution is 0.178. The van der Waals surface area contributed by atoms with Crippen LogP contribution in [-0.2, 0) is 14.8 Å². The molecule has 0 spiro atoms. The molecule has 1 rings (SSSR count). The van der Waals surface area contributed by atoms with Gasteiger partial charge in [0.1, 0.15) is 0 Å². The maximum atomic E-state index is 11.3. The topological polar surface area (TPSA) is 75.6 Å². The smallest absolute Gasteiger partial charge is 0.214 e. The van der Waals surface area contributed by atoms with Gasteiger partial charge in [0, 0.05) is 6.61 Å². The molecule has 6 heteroatoms. The average Bonchev–Trinajstić information content (AvgIpc) is 2.33. The highest BCUT2D eigenvalue weighted by Gasteiger charge is 2.33. The summed E-state index contributed by atoms with van der Waals surface area (Å²) in [5.41, 5.74) is -0.492. The molecule has 0 aromatic carbocycles. The Hall–Kier alpha value is -0.170. The molecule has 1 aliphatic rings. The summed E-state index contributed by atoms with van der Waals surface area (Å²) in [7, 11) is -3.35. The summed E-state index contributed by atoms with van der Waals surface area (Å²) in [5, 5.41) is 8.51. The van der Waals surface area contributed by atoms with Gasteiger partial charge in [0.05, 0.1) is 24.5 Å². The molecular weight excluding hydrogens is 194 g/mol. The molecule has 1 unspecified atom stereocenters. The number of hydrogen-bond acceptors (Lipinski definition) is 4. The Morgan fingerprint density at radius 1 is 1.62 bits per heavy atom. The van der Waals surface area contributed by atoms with Gasteiger partial charge < -0.3 is 9.84 Å². The predicted octanol–water partition coefficient (Wildman–Crippen LogP) is -0.923. The molecule has 5 nitrogen and oxygen atoms in total. The highest BCUT2D eigenvalue weighted by molar-refractivity contribution is 7.89. The molecule has 1 heterocycles. The standard InChI is InChI=1S/C7H15NO4S/c1-7(2-4-12-6-7)8-13(10,11)5-3-9/h8-9H,2-6H2,1H3. The Balaban J connectivity index is 2.56. The first-order valence-electron chi connectivity index (χ1n) is 4.18. The summed E-state index contributed by atoms with van der Waals surface area (Å²) in [5.74, 6) is -0.247. The van der Waals surface area contributed by atoms with E-state index in [2.05, 4.69) is 4.72 Å². The van der Waals surface area contributed by atoms with Crippen LogP contribution in [0.25, 0.3) is 0 Å². The predicted molar refractivity (Wildman–Crippen MR) is 47.8 cm³/mol. The van der Waals surface area contributed by atoms with E-state index in [0.717, 1.165) is 0 Å². The molecule has 0 bridgehead atoms. The third kappa shape index (κ3) is 3.22. The maximum absolute atomic E-state index is 11.3. The second kappa shape index (κ2) is 3.91. The fourth-order valence-electron chi connectivity index (χ4n) is 1.29. The van der Waals surface area contributed by atoms with E-state index in [1.807, 2.05) is 0 Å². The summed E-state index contributed by atoms with van der Waals surface area (Å²) < 4.78 is 30.1. The number of ether oxygens (including phenoxy) is 1. The molecule has 0 amide bonds. The first kappa shape index (κ1) is 10.9. The van der Waals surface area contributed by atoms with Gasteiger partial charge in [-0.05, 0) is 13.3 Å². The number of nitrogens with one attached hydrogen (secondary N) is 1. The van der Waals surface area contributed by atoms with E-state index >= 15 is 0 Å². The lowest BCUT2D eigenvalue weighted by atomic mass is 10.0. The first-order chi connectivity index (χ1) is 5.97. The first-order valence-corrected chi connectivity index (χ1v) is 5.83. The zero-order valence-corrected chi connectivity index (χ0v) is 8.43. The van der Waals surface area contributed by atoms with Crippen LogP contribution in [0.5, 0.6) is 0 Å². The molecule has 13 heavy (non-hydrogen) atoms. The van der Waals surface area contributed by atoms with Crippen molar-refractivity contribution in [2.24, 2.45) is 0 Å². The van der Waals surface area contributed by atoms with Gasteiger partial charge in [-0.1, -0.05) is 0 Å².